The maximum atomic E-state index is 13.6. The van der Waals surface area contributed by atoms with Crippen molar-refractivity contribution >= 4 is 27.6 Å². The molecule has 2 aromatic heterocycles. The minimum absolute atomic E-state index is 0.319. The summed E-state index contributed by atoms with van der Waals surface area (Å²) in [5.41, 5.74) is 4.71. The summed E-state index contributed by atoms with van der Waals surface area (Å²) in [4.78, 5) is 13.5. The minimum atomic E-state index is -4.53. The average molecular weight is 474 g/mol. The van der Waals surface area contributed by atoms with E-state index in [-0.39, 0.29) is 0 Å². The molecule has 176 valence electrons. The van der Waals surface area contributed by atoms with Gasteiger partial charge in [-0.05, 0) is 54.4 Å². The number of halogens is 3. The molecular weight excluding hydrogens is 453 g/mol. The highest BCUT2D eigenvalue weighted by atomic mass is 19.4. The molecule has 8 heteroatoms. The molecule has 3 aromatic carbocycles. The zero-order chi connectivity index (χ0) is 24.2. The number of aryl methyl sites for hydroxylation is 1. The van der Waals surface area contributed by atoms with Gasteiger partial charge in [-0.15, -0.1) is 0 Å². The van der Waals surface area contributed by atoms with E-state index < -0.39 is 11.9 Å². The number of nitrogens with one attached hydrogen (secondary N) is 1. The third kappa shape index (κ3) is 3.95. The maximum absolute atomic E-state index is 13.6. The van der Waals surface area contributed by atoms with Crippen molar-refractivity contribution in [3.8, 4) is 16.9 Å². The van der Waals surface area contributed by atoms with Gasteiger partial charge in [-0.2, -0.15) is 13.2 Å². The molecule has 0 fully saturated rings. The van der Waals surface area contributed by atoms with Crippen molar-refractivity contribution in [1.82, 2.24) is 15.0 Å². The second kappa shape index (κ2) is 8.01. The molecule has 0 bridgehead atoms. The first-order chi connectivity index (χ1) is 16.8. The van der Waals surface area contributed by atoms with E-state index in [4.69, 9.17) is 4.74 Å². The zero-order valence-electron chi connectivity index (χ0n) is 18.9. The molecule has 0 amide bonds. The van der Waals surface area contributed by atoms with E-state index in [1.54, 1.807) is 12.1 Å². The molecule has 3 heterocycles. The van der Waals surface area contributed by atoms with E-state index in [0.717, 1.165) is 45.4 Å². The Morgan fingerprint density at radius 1 is 0.914 bits per heavy atom. The number of ether oxygens (including phenoxy) is 1. The fourth-order valence-electron chi connectivity index (χ4n) is 4.66. The van der Waals surface area contributed by atoms with Gasteiger partial charge in [-0.3, -0.25) is 0 Å². The van der Waals surface area contributed by atoms with Crippen molar-refractivity contribution in [2.24, 2.45) is 0 Å². The van der Waals surface area contributed by atoms with Crippen LogP contribution in [0.4, 0.5) is 18.9 Å². The monoisotopic (exact) mass is 474 g/mol. The van der Waals surface area contributed by atoms with Crippen LogP contribution < -0.4 is 9.64 Å². The molecule has 0 saturated carbocycles. The highest BCUT2D eigenvalue weighted by molar-refractivity contribution is 5.92. The zero-order valence-corrected chi connectivity index (χ0v) is 18.9. The summed E-state index contributed by atoms with van der Waals surface area (Å²) >= 11 is 0. The summed E-state index contributed by atoms with van der Waals surface area (Å²) in [6, 6.07) is 20.1. The smallest absolute Gasteiger partial charge is 0.433 e. The van der Waals surface area contributed by atoms with Gasteiger partial charge in [0.2, 0.25) is 0 Å². The third-order valence-corrected chi connectivity index (χ3v) is 6.30. The number of hydrogen-bond donors (Lipinski definition) is 1. The molecule has 5 nitrogen and oxygen atoms in total. The van der Waals surface area contributed by atoms with Crippen molar-refractivity contribution in [3.05, 3.63) is 83.8 Å². The van der Waals surface area contributed by atoms with E-state index in [0.29, 0.717) is 36.3 Å². The van der Waals surface area contributed by atoms with Crippen molar-refractivity contribution < 1.29 is 17.9 Å². The highest BCUT2D eigenvalue weighted by Crippen LogP contribution is 2.37. The Balaban J connectivity index is 1.42. The molecular formula is C27H21F3N4O. The molecule has 0 atom stereocenters. The molecule has 1 aliphatic rings. The van der Waals surface area contributed by atoms with Crippen LogP contribution >= 0.6 is 0 Å². The lowest BCUT2D eigenvalue weighted by atomic mass is 10.0. The van der Waals surface area contributed by atoms with E-state index >= 15 is 0 Å². The average Bonchev–Trinajstić information content (AvgIpc) is 3.08. The van der Waals surface area contributed by atoms with Gasteiger partial charge < -0.3 is 14.6 Å². The van der Waals surface area contributed by atoms with Crippen LogP contribution in [0, 0.1) is 6.92 Å². The molecule has 1 N–H and O–H groups in total. The third-order valence-electron chi connectivity index (χ3n) is 6.30. The van der Waals surface area contributed by atoms with E-state index in [2.05, 4.69) is 21.0 Å². The van der Waals surface area contributed by atoms with Crippen molar-refractivity contribution in [1.29, 1.82) is 0 Å². The number of fused-ring (bicyclic) bond motifs is 3. The Kier molecular flexibility index (Phi) is 4.91. The molecule has 0 radical (unpaired) electrons. The molecule has 0 aliphatic carbocycles. The lowest BCUT2D eigenvalue weighted by molar-refractivity contribution is -0.140. The number of alkyl halides is 3. The van der Waals surface area contributed by atoms with Crippen LogP contribution in [0.5, 0.6) is 5.75 Å². The molecule has 1 aliphatic heterocycles. The molecule has 6 rings (SSSR count). The number of nitrogens with zero attached hydrogens (tertiary/aromatic N) is 3. The van der Waals surface area contributed by atoms with Crippen LogP contribution in [-0.4, -0.2) is 28.1 Å². The van der Waals surface area contributed by atoms with Crippen molar-refractivity contribution in [2.75, 3.05) is 18.1 Å². The van der Waals surface area contributed by atoms with E-state index in [9.17, 15) is 13.2 Å². The number of benzene rings is 3. The number of para-hydroxylation sites is 1. The van der Waals surface area contributed by atoms with Crippen LogP contribution in [0.2, 0.25) is 0 Å². The predicted molar refractivity (Wildman–Crippen MR) is 130 cm³/mol. The Hall–Kier alpha value is -4.07. The number of aromatic nitrogens is 3. The van der Waals surface area contributed by atoms with Crippen LogP contribution in [0.3, 0.4) is 0 Å². The number of anilines is 1. The SMILES string of the molecule is Cc1nc2ccc(-c3ccc4c(c3)CN(c3cc(C(F)(F)F)nc5ccccc35)CCO4)cc2[nH]1. The van der Waals surface area contributed by atoms with Gasteiger partial charge in [0.05, 0.1) is 23.1 Å². The highest BCUT2D eigenvalue weighted by Gasteiger charge is 2.34. The second-order valence-electron chi connectivity index (χ2n) is 8.69. The van der Waals surface area contributed by atoms with Gasteiger partial charge in [0.15, 0.2) is 0 Å². The Morgan fingerprint density at radius 3 is 2.57 bits per heavy atom. The summed E-state index contributed by atoms with van der Waals surface area (Å²) in [5, 5.41) is 0.681. The number of aromatic amines is 1. The van der Waals surface area contributed by atoms with Crippen LogP contribution in [0.15, 0.2) is 66.7 Å². The Labute approximate surface area is 199 Å². The Bertz CT molecular complexity index is 1570. The number of H-pyrrole nitrogens is 1. The summed E-state index contributed by atoms with van der Waals surface area (Å²) in [5.74, 6) is 1.59. The largest absolute Gasteiger partial charge is 0.491 e. The standard InChI is InChI=1S/C27H21F3N4O/c1-16-31-22-8-6-18(13-23(22)32-16)17-7-9-25-19(12-17)15-34(10-11-35-25)24-14-26(27(28,29)30)33-21-5-3-2-4-20(21)24/h2-9,12-14H,10-11,15H2,1H3,(H,31,32). The summed E-state index contributed by atoms with van der Waals surface area (Å²) < 4.78 is 46.8. The van der Waals surface area contributed by atoms with Crippen LogP contribution in [0.25, 0.3) is 33.1 Å². The van der Waals surface area contributed by atoms with Gasteiger partial charge in [0.1, 0.15) is 23.9 Å². The predicted octanol–water partition coefficient (Wildman–Crippen LogP) is 6.50. The minimum Gasteiger partial charge on any atom is -0.491 e. The lowest BCUT2D eigenvalue weighted by Crippen LogP contribution is -2.26. The lowest BCUT2D eigenvalue weighted by Gasteiger charge is -2.25. The van der Waals surface area contributed by atoms with Crippen LogP contribution in [-0.2, 0) is 12.7 Å². The second-order valence-corrected chi connectivity index (χ2v) is 8.69. The summed E-state index contributed by atoms with van der Waals surface area (Å²) in [7, 11) is 0. The summed E-state index contributed by atoms with van der Waals surface area (Å²) in [6.45, 7) is 3.15. The van der Waals surface area contributed by atoms with Crippen LogP contribution in [0.1, 0.15) is 17.1 Å². The van der Waals surface area contributed by atoms with Gasteiger partial charge >= 0.3 is 6.18 Å². The summed E-state index contributed by atoms with van der Waals surface area (Å²) in [6.07, 6.45) is -4.53. The number of imidazole rings is 1. The van der Waals surface area contributed by atoms with Crippen molar-refractivity contribution in [2.45, 2.75) is 19.6 Å². The fourth-order valence-corrected chi connectivity index (χ4v) is 4.66. The quantitative estimate of drug-likeness (QED) is 0.317. The number of pyridine rings is 1. The molecule has 0 unspecified atom stereocenters. The van der Waals surface area contributed by atoms with Crippen molar-refractivity contribution in [3.63, 3.8) is 0 Å². The number of rotatable bonds is 2. The fraction of sp³-hybridized carbons (Fsp3) is 0.185. The van der Waals surface area contributed by atoms with Gasteiger partial charge in [-0.1, -0.05) is 30.3 Å². The van der Waals surface area contributed by atoms with E-state index in [1.165, 1.54) is 0 Å². The van der Waals surface area contributed by atoms with Gasteiger partial charge in [0, 0.05) is 23.2 Å². The first-order valence-corrected chi connectivity index (χ1v) is 11.3. The Morgan fingerprint density at radius 2 is 1.71 bits per heavy atom. The molecule has 0 spiro atoms. The van der Waals surface area contributed by atoms with E-state index in [1.807, 2.05) is 54.3 Å². The normalized spacial score (nSPS) is 14.1. The number of hydrogen-bond acceptors (Lipinski definition) is 4. The topological polar surface area (TPSA) is 54.0 Å². The first-order valence-electron chi connectivity index (χ1n) is 11.3. The first kappa shape index (κ1) is 21.5. The molecule has 0 saturated heterocycles. The van der Waals surface area contributed by atoms with Gasteiger partial charge in [0.25, 0.3) is 0 Å². The molecule has 35 heavy (non-hydrogen) atoms. The maximum Gasteiger partial charge on any atom is 0.433 e. The molecule has 5 aromatic rings. The van der Waals surface area contributed by atoms with Gasteiger partial charge in [-0.25, -0.2) is 9.97 Å².